The molecule has 1 rings (SSSR count). The minimum Gasteiger partial charge on any atom is -0.195 e. The fourth-order valence-corrected chi connectivity index (χ4v) is 2.09. The molecule has 0 atom stereocenters. The highest BCUT2D eigenvalue weighted by Crippen LogP contribution is 2.27. The van der Waals surface area contributed by atoms with Gasteiger partial charge in [-0.2, -0.15) is 27.8 Å². The Hall–Kier alpha value is -0.910. The molecule has 0 saturated heterocycles. The van der Waals surface area contributed by atoms with Gasteiger partial charge >= 0.3 is 0 Å². The highest BCUT2D eigenvalue weighted by Gasteiger charge is 2.00. The maximum absolute atomic E-state index is 3.76. The zero-order chi connectivity index (χ0) is 10.7. The Morgan fingerprint density at radius 3 is 2.29 bits per heavy atom. The van der Waals surface area contributed by atoms with Crippen molar-refractivity contribution in [2.75, 3.05) is 0 Å². The average molecular weight is 189 g/mol. The summed E-state index contributed by atoms with van der Waals surface area (Å²) in [6.45, 7) is 12.7. The van der Waals surface area contributed by atoms with Crippen LogP contribution < -0.4 is 0 Å². The van der Waals surface area contributed by atoms with Gasteiger partial charge in [-0.1, -0.05) is 46.6 Å². The van der Waals surface area contributed by atoms with Gasteiger partial charge in [-0.25, -0.2) is 0 Å². The summed E-state index contributed by atoms with van der Waals surface area (Å²) in [5.41, 5.74) is 7.54. The van der Waals surface area contributed by atoms with Gasteiger partial charge in [0.05, 0.1) is 0 Å². The van der Waals surface area contributed by atoms with Crippen molar-refractivity contribution < 1.29 is 0 Å². The van der Waals surface area contributed by atoms with Crippen LogP contribution in [-0.2, 0) is 6.42 Å². The molecule has 0 N–H and O–H groups in total. The molecule has 0 spiro atoms. The van der Waals surface area contributed by atoms with Gasteiger partial charge in [0, 0.05) is 0 Å². The molecule has 0 heterocycles. The van der Waals surface area contributed by atoms with Crippen LogP contribution in [0.5, 0.6) is 0 Å². The Kier molecular flexibility index (Phi) is 3.62. The van der Waals surface area contributed by atoms with E-state index in [1.165, 1.54) is 35.1 Å². The third kappa shape index (κ3) is 1.95. The van der Waals surface area contributed by atoms with Gasteiger partial charge in [0.25, 0.3) is 0 Å². The number of hydrogen-bond acceptors (Lipinski definition) is 0. The normalized spacial score (nSPS) is 10.6. The van der Waals surface area contributed by atoms with Crippen LogP contribution >= 0.6 is 0 Å². The van der Waals surface area contributed by atoms with Gasteiger partial charge in [-0.05, 0) is 6.42 Å². The van der Waals surface area contributed by atoms with E-state index in [0.29, 0.717) is 0 Å². The summed E-state index contributed by atoms with van der Waals surface area (Å²) in [7, 11) is 0. The van der Waals surface area contributed by atoms with Crippen molar-refractivity contribution in [3.8, 4) is 0 Å². The molecule has 0 amide bonds. The van der Waals surface area contributed by atoms with Gasteiger partial charge in [0.2, 0.25) is 0 Å². The van der Waals surface area contributed by atoms with Gasteiger partial charge in [-0.3, -0.25) is 0 Å². The van der Waals surface area contributed by atoms with Crippen molar-refractivity contribution in [3.05, 3.63) is 40.5 Å². The maximum atomic E-state index is 3.76. The van der Waals surface area contributed by atoms with Crippen molar-refractivity contribution in [2.45, 2.75) is 47.0 Å². The SMILES string of the molecule is C=CCCCc1c(C)c(C)[c-](C)c1C. The molecule has 0 heteroatoms. The van der Waals surface area contributed by atoms with E-state index in [-0.39, 0.29) is 0 Å². The number of hydrogen-bond donors (Lipinski definition) is 0. The van der Waals surface area contributed by atoms with Crippen molar-refractivity contribution >= 4 is 0 Å². The largest absolute Gasteiger partial charge is 0.195 e. The van der Waals surface area contributed by atoms with Crippen LogP contribution in [-0.4, -0.2) is 0 Å². The molecular formula is C14H21-. The maximum Gasteiger partial charge on any atom is -0.0360 e. The first kappa shape index (κ1) is 11.2. The molecule has 0 aliphatic heterocycles. The molecule has 0 saturated carbocycles. The lowest BCUT2D eigenvalue weighted by Gasteiger charge is -2.11. The molecule has 78 valence electrons. The number of unbranched alkanes of at least 4 members (excludes halogenated alkanes) is 1. The van der Waals surface area contributed by atoms with Crippen LogP contribution in [0.1, 0.15) is 40.7 Å². The fourth-order valence-electron chi connectivity index (χ4n) is 2.09. The highest BCUT2D eigenvalue weighted by molar-refractivity contribution is 5.49. The Balaban J connectivity index is 2.86. The van der Waals surface area contributed by atoms with Crippen molar-refractivity contribution in [1.82, 2.24) is 0 Å². The molecule has 0 unspecified atom stereocenters. The highest BCUT2D eigenvalue weighted by atomic mass is 14.2. The van der Waals surface area contributed by atoms with Gasteiger partial charge in [-0.15, -0.1) is 6.58 Å². The van der Waals surface area contributed by atoms with E-state index in [1.807, 2.05) is 6.08 Å². The van der Waals surface area contributed by atoms with E-state index >= 15 is 0 Å². The molecule has 0 bridgehead atoms. The van der Waals surface area contributed by atoms with Crippen LogP contribution in [0, 0.1) is 27.7 Å². The standard InChI is InChI=1S/C14H21/c1-6-7-8-9-14-12(4)10(2)11(3)13(14)5/h6H,1,7-9H2,2-5H3/q-1. The summed E-state index contributed by atoms with van der Waals surface area (Å²) in [6, 6.07) is 0. The van der Waals surface area contributed by atoms with E-state index in [4.69, 9.17) is 0 Å². The molecule has 1 aromatic carbocycles. The van der Waals surface area contributed by atoms with E-state index in [2.05, 4.69) is 34.3 Å². The summed E-state index contributed by atoms with van der Waals surface area (Å²) in [6.07, 6.45) is 5.57. The fraction of sp³-hybridized carbons (Fsp3) is 0.500. The van der Waals surface area contributed by atoms with E-state index in [1.54, 1.807) is 5.56 Å². The molecule has 0 aliphatic rings. The van der Waals surface area contributed by atoms with Gasteiger partial charge < -0.3 is 0 Å². The summed E-state index contributed by atoms with van der Waals surface area (Å²) < 4.78 is 0. The monoisotopic (exact) mass is 189 g/mol. The Labute approximate surface area is 88.0 Å². The molecular weight excluding hydrogens is 168 g/mol. The molecule has 0 aromatic heterocycles. The molecule has 1 aromatic rings. The van der Waals surface area contributed by atoms with Crippen LogP contribution in [0.25, 0.3) is 0 Å². The summed E-state index contributed by atoms with van der Waals surface area (Å²) in [5, 5.41) is 0. The Morgan fingerprint density at radius 1 is 1.21 bits per heavy atom. The molecule has 0 fully saturated rings. The van der Waals surface area contributed by atoms with E-state index < -0.39 is 0 Å². The second-order valence-electron chi connectivity index (χ2n) is 4.16. The van der Waals surface area contributed by atoms with Crippen molar-refractivity contribution in [3.63, 3.8) is 0 Å². The predicted octanol–water partition coefficient (Wildman–Crippen LogP) is 4.15. The van der Waals surface area contributed by atoms with E-state index in [0.717, 1.165) is 6.42 Å². The first-order chi connectivity index (χ1) is 6.59. The number of rotatable bonds is 4. The molecule has 0 nitrogen and oxygen atoms in total. The second kappa shape index (κ2) is 4.54. The Bertz CT molecular complexity index is 301. The molecule has 0 aliphatic carbocycles. The first-order valence-electron chi connectivity index (χ1n) is 5.42. The smallest absolute Gasteiger partial charge is 0.0360 e. The third-order valence-electron chi connectivity index (χ3n) is 3.43. The van der Waals surface area contributed by atoms with E-state index in [9.17, 15) is 0 Å². The average Bonchev–Trinajstić information content (AvgIpc) is 2.35. The predicted molar refractivity (Wildman–Crippen MR) is 64.1 cm³/mol. The zero-order valence-electron chi connectivity index (χ0n) is 9.91. The zero-order valence-corrected chi connectivity index (χ0v) is 9.91. The second-order valence-corrected chi connectivity index (χ2v) is 4.16. The lowest BCUT2D eigenvalue weighted by molar-refractivity contribution is 0.836. The minimum absolute atomic E-state index is 1.13. The van der Waals surface area contributed by atoms with Crippen molar-refractivity contribution in [1.29, 1.82) is 0 Å². The summed E-state index contributed by atoms with van der Waals surface area (Å²) >= 11 is 0. The number of allylic oxidation sites excluding steroid dienone is 1. The molecule has 14 heavy (non-hydrogen) atoms. The minimum atomic E-state index is 1.13. The quantitative estimate of drug-likeness (QED) is 0.379. The van der Waals surface area contributed by atoms with Gasteiger partial charge in [0.1, 0.15) is 0 Å². The van der Waals surface area contributed by atoms with Gasteiger partial charge in [0.15, 0.2) is 0 Å². The molecule has 0 radical (unpaired) electrons. The summed E-state index contributed by atoms with van der Waals surface area (Å²) in [5.74, 6) is 0. The van der Waals surface area contributed by atoms with Crippen LogP contribution in [0.15, 0.2) is 12.7 Å². The topological polar surface area (TPSA) is 0 Å². The lowest BCUT2D eigenvalue weighted by Crippen LogP contribution is -1.88. The van der Waals surface area contributed by atoms with Crippen LogP contribution in [0.2, 0.25) is 0 Å². The van der Waals surface area contributed by atoms with Crippen molar-refractivity contribution in [2.24, 2.45) is 0 Å². The Morgan fingerprint density at radius 2 is 1.86 bits per heavy atom. The third-order valence-corrected chi connectivity index (χ3v) is 3.43. The first-order valence-corrected chi connectivity index (χ1v) is 5.42. The lowest BCUT2D eigenvalue weighted by atomic mass is 10.0. The van der Waals surface area contributed by atoms with Crippen LogP contribution in [0.4, 0.5) is 0 Å². The van der Waals surface area contributed by atoms with Crippen LogP contribution in [0.3, 0.4) is 0 Å². The summed E-state index contributed by atoms with van der Waals surface area (Å²) in [4.78, 5) is 0.